The Bertz CT molecular complexity index is 1210. The fourth-order valence-electron chi connectivity index (χ4n) is 2.97. The van der Waals surface area contributed by atoms with Crippen molar-refractivity contribution < 1.29 is 9.53 Å². The highest BCUT2D eigenvalue weighted by Crippen LogP contribution is 2.33. The Hall–Kier alpha value is -2.25. The smallest absolute Gasteiger partial charge is 0.267 e. The number of fused-ring (bicyclic) bond motifs is 1. The van der Waals surface area contributed by atoms with E-state index in [1.807, 2.05) is 48.7 Å². The molecule has 0 saturated carbocycles. The van der Waals surface area contributed by atoms with Crippen molar-refractivity contribution in [3.63, 3.8) is 0 Å². The summed E-state index contributed by atoms with van der Waals surface area (Å²) in [7, 11) is 0. The second-order valence-corrected chi connectivity index (χ2v) is 9.39. The number of carbonyl (C=O) groups is 1. The summed E-state index contributed by atoms with van der Waals surface area (Å²) in [5.74, 6) is 0.201. The molecule has 1 heterocycles. The normalized spacial score (nSPS) is 10.9. The van der Waals surface area contributed by atoms with Gasteiger partial charge < -0.3 is 4.74 Å². The third-order valence-corrected chi connectivity index (χ3v) is 6.84. The largest absolute Gasteiger partial charge is 0.482 e. The van der Waals surface area contributed by atoms with E-state index in [0.717, 1.165) is 20.7 Å². The zero-order valence-corrected chi connectivity index (χ0v) is 19.7. The summed E-state index contributed by atoms with van der Waals surface area (Å²) < 4.78 is 6.73. The molecule has 8 heteroatoms. The van der Waals surface area contributed by atoms with Crippen LogP contribution in [0, 0.1) is 0 Å². The first-order valence-electron chi connectivity index (χ1n) is 9.40. The van der Waals surface area contributed by atoms with Gasteiger partial charge in [-0.25, -0.2) is 4.98 Å². The van der Waals surface area contributed by atoms with Crippen LogP contribution < -0.4 is 9.64 Å². The molecule has 158 valence electrons. The van der Waals surface area contributed by atoms with E-state index in [4.69, 9.17) is 32.9 Å². The van der Waals surface area contributed by atoms with Crippen LogP contribution in [0.4, 0.5) is 5.13 Å². The lowest BCUT2D eigenvalue weighted by Gasteiger charge is -2.20. The Balaban J connectivity index is 1.61. The fourth-order valence-corrected chi connectivity index (χ4v) is 4.97. The molecular weight excluding hydrogens is 471 g/mol. The lowest BCUT2D eigenvalue weighted by molar-refractivity contribution is -0.120. The van der Waals surface area contributed by atoms with Gasteiger partial charge in [-0.2, -0.15) is 0 Å². The summed E-state index contributed by atoms with van der Waals surface area (Å²) in [5.41, 5.74) is 1.87. The quantitative estimate of drug-likeness (QED) is 0.264. The van der Waals surface area contributed by atoms with Gasteiger partial charge in [-0.3, -0.25) is 9.69 Å². The van der Waals surface area contributed by atoms with E-state index in [0.29, 0.717) is 27.5 Å². The zero-order chi connectivity index (χ0) is 21.8. The van der Waals surface area contributed by atoms with Crippen LogP contribution in [-0.4, -0.2) is 23.8 Å². The topological polar surface area (TPSA) is 42.4 Å². The molecule has 3 aromatic carbocycles. The molecule has 0 bridgehead atoms. The number of anilines is 1. The highest BCUT2D eigenvalue weighted by Gasteiger charge is 2.21. The third kappa shape index (κ3) is 5.33. The van der Waals surface area contributed by atoms with Crippen molar-refractivity contribution >= 4 is 67.6 Å². The minimum atomic E-state index is -0.209. The Labute approximate surface area is 198 Å². The van der Waals surface area contributed by atoms with Gasteiger partial charge in [0.15, 0.2) is 11.7 Å². The van der Waals surface area contributed by atoms with Crippen molar-refractivity contribution in [3.8, 4) is 5.75 Å². The molecule has 31 heavy (non-hydrogen) atoms. The summed E-state index contributed by atoms with van der Waals surface area (Å²) in [6.07, 6.45) is 2.04. The minimum Gasteiger partial charge on any atom is -0.482 e. The monoisotopic (exact) mass is 488 g/mol. The SMILES string of the molecule is CSc1ccc2nc(N(Cc3ccccc3)C(=O)COc3ccc(Cl)cc3Cl)sc2c1. The van der Waals surface area contributed by atoms with E-state index in [-0.39, 0.29) is 12.5 Å². The zero-order valence-electron chi connectivity index (χ0n) is 16.5. The molecule has 0 aliphatic carbocycles. The van der Waals surface area contributed by atoms with Crippen LogP contribution in [0.25, 0.3) is 10.2 Å². The average molecular weight is 489 g/mol. The van der Waals surface area contributed by atoms with Gasteiger partial charge in [0.05, 0.1) is 21.8 Å². The van der Waals surface area contributed by atoms with Crippen LogP contribution >= 0.6 is 46.3 Å². The van der Waals surface area contributed by atoms with Crippen molar-refractivity contribution in [2.45, 2.75) is 11.4 Å². The molecule has 1 aromatic heterocycles. The second kappa shape index (κ2) is 9.92. The number of halogens is 2. The van der Waals surface area contributed by atoms with E-state index in [1.54, 1.807) is 34.9 Å². The first-order valence-corrected chi connectivity index (χ1v) is 12.2. The molecule has 0 saturated heterocycles. The molecule has 0 unspecified atom stereocenters. The molecule has 0 aliphatic heterocycles. The van der Waals surface area contributed by atoms with Crippen molar-refractivity contribution in [2.75, 3.05) is 17.8 Å². The lowest BCUT2D eigenvalue weighted by atomic mass is 10.2. The number of nitrogens with zero attached hydrogens (tertiary/aromatic N) is 2. The number of carbonyl (C=O) groups excluding carboxylic acids is 1. The van der Waals surface area contributed by atoms with Gasteiger partial charge in [-0.1, -0.05) is 64.9 Å². The molecule has 0 atom stereocenters. The van der Waals surface area contributed by atoms with E-state index in [9.17, 15) is 4.79 Å². The van der Waals surface area contributed by atoms with Gasteiger partial charge in [0.1, 0.15) is 5.75 Å². The number of benzene rings is 3. The van der Waals surface area contributed by atoms with Crippen LogP contribution in [-0.2, 0) is 11.3 Å². The number of rotatable bonds is 7. The summed E-state index contributed by atoms with van der Waals surface area (Å²) in [6, 6.07) is 20.8. The van der Waals surface area contributed by atoms with E-state index < -0.39 is 0 Å². The summed E-state index contributed by atoms with van der Waals surface area (Å²) in [6.45, 7) is 0.229. The molecular formula is C23H18Cl2N2O2S2. The Morgan fingerprint density at radius 2 is 1.90 bits per heavy atom. The Morgan fingerprint density at radius 1 is 1.10 bits per heavy atom. The third-order valence-electron chi connectivity index (χ3n) is 4.54. The van der Waals surface area contributed by atoms with Gasteiger partial charge in [0.25, 0.3) is 5.91 Å². The molecule has 4 aromatic rings. The van der Waals surface area contributed by atoms with Crippen LogP contribution in [0.15, 0.2) is 71.6 Å². The second-order valence-electron chi connectivity index (χ2n) is 6.66. The van der Waals surface area contributed by atoms with Gasteiger partial charge in [0, 0.05) is 9.92 Å². The maximum absolute atomic E-state index is 13.2. The fraction of sp³-hybridized carbons (Fsp3) is 0.130. The van der Waals surface area contributed by atoms with Crippen LogP contribution in [0.2, 0.25) is 10.0 Å². The molecule has 0 spiro atoms. The average Bonchev–Trinajstić information content (AvgIpc) is 3.20. The number of aromatic nitrogens is 1. The first-order chi connectivity index (χ1) is 15.0. The highest BCUT2D eigenvalue weighted by atomic mass is 35.5. The first kappa shape index (κ1) is 22.0. The number of thiazole rings is 1. The molecule has 4 rings (SSSR count). The van der Waals surface area contributed by atoms with Gasteiger partial charge in [-0.05, 0) is 48.2 Å². The van der Waals surface area contributed by atoms with E-state index in [2.05, 4.69) is 6.07 Å². The van der Waals surface area contributed by atoms with Gasteiger partial charge >= 0.3 is 0 Å². The lowest BCUT2D eigenvalue weighted by Crippen LogP contribution is -2.34. The summed E-state index contributed by atoms with van der Waals surface area (Å²) >= 11 is 15.3. The van der Waals surface area contributed by atoms with Crippen molar-refractivity contribution in [2.24, 2.45) is 0 Å². The van der Waals surface area contributed by atoms with E-state index >= 15 is 0 Å². The van der Waals surface area contributed by atoms with Gasteiger partial charge in [-0.15, -0.1) is 11.8 Å². The molecule has 0 aliphatic rings. The van der Waals surface area contributed by atoms with Crippen molar-refractivity contribution in [3.05, 3.63) is 82.3 Å². The number of ether oxygens (including phenoxy) is 1. The number of hydrogen-bond donors (Lipinski definition) is 0. The molecule has 4 nitrogen and oxygen atoms in total. The van der Waals surface area contributed by atoms with Crippen molar-refractivity contribution in [1.82, 2.24) is 4.98 Å². The van der Waals surface area contributed by atoms with Crippen LogP contribution in [0.1, 0.15) is 5.56 Å². The molecule has 1 amide bonds. The highest BCUT2D eigenvalue weighted by molar-refractivity contribution is 7.98. The minimum absolute atomic E-state index is 0.166. The molecule has 0 radical (unpaired) electrons. The number of hydrogen-bond acceptors (Lipinski definition) is 5. The Kier molecular flexibility index (Phi) is 7.02. The standard InChI is InChI=1S/C23H18Cl2N2O2S2/c1-30-17-8-9-19-21(12-17)31-23(26-19)27(13-15-5-3-2-4-6-15)22(28)14-29-20-10-7-16(24)11-18(20)25/h2-12H,13-14H2,1H3. The molecule has 0 fully saturated rings. The van der Waals surface area contributed by atoms with Crippen LogP contribution in [0.5, 0.6) is 5.75 Å². The Morgan fingerprint density at radius 3 is 2.65 bits per heavy atom. The number of amides is 1. The van der Waals surface area contributed by atoms with Crippen LogP contribution in [0.3, 0.4) is 0 Å². The predicted octanol–water partition coefficient (Wildman–Crippen LogP) is 6.94. The maximum Gasteiger partial charge on any atom is 0.267 e. The van der Waals surface area contributed by atoms with E-state index in [1.165, 1.54) is 11.3 Å². The summed E-state index contributed by atoms with van der Waals surface area (Å²) in [4.78, 5) is 20.7. The van der Waals surface area contributed by atoms with Crippen molar-refractivity contribution in [1.29, 1.82) is 0 Å². The maximum atomic E-state index is 13.2. The molecule has 0 N–H and O–H groups in total. The van der Waals surface area contributed by atoms with Gasteiger partial charge in [0.2, 0.25) is 0 Å². The summed E-state index contributed by atoms with van der Waals surface area (Å²) in [5, 5.41) is 1.50. The predicted molar refractivity (Wildman–Crippen MR) is 131 cm³/mol. The number of thioether (sulfide) groups is 1.